The average Bonchev–Trinajstić information content (AvgIpc) is 2.43. The van der Waals surface area contributed by atoms with Crippen molar-refractivity contribution >= 4 is 27.5 Å². The Bertz CT molecular complexity index is 683. The predicted octanol–water partition coefficient (Wildman–Crippen LogP) is 4.36. The third-order valence-corrected chi connectivity index (χ3v) is 3.13. The highest BCUT2D eigenvalue weighted by molar-refractivity contribution is 9.10. The number of nitrogens with one attached hydrogen (secondary N) is 2. The zero-order valence-electron chi connectivity index (χ0n) is 10.8. The number of carbonyl (C=O) groups is 1. The highest BCUT2D eigenvalue weighted by Crippen LogP contribution is 2.34. The van der Waals surface area contributed by atoms with Crippen molar-refractivity contribution in [3.8, 4) is 0 Å². The van der Waals surface area contributed by atoms with Crippen LogP contribution in [-0.4, -0.2) is 5.91 Å². The molecule has 0 aromatic heterocycles. The van der Waals surface area contributed by atoms with Crippen LogP contribution in [0.15, 0.2) is 46.9 Å². The van der Waals surface area contributed by atoms with Gasteiger partial charge >= 0.3 is 6.18 Å². The van der Waals surface area contributed by atoms with E-state index in [4.69, 9.17) is 0 Å². The van der Waals surface area contributed by atoms with E-state index in [9.17, 15) is 22.4 Å². The lowest BCUT2D eigenvalue weighted by Gasteiger charge is -2.15. The van der Waals surface area contributed by atoms with E-state index < -0.39 is 23.5 Å². The summed E-state index contributed by atoms with van der Waals surface area (Å²) in [7, 11) is 0. The second kappa shape index (κ2) is 6.35. The molecule has 0 radical (unpaired) electrons. The van der Waals surface area contributed by atoms with Gasteiger partial charge in [-0.3, -0.25) is 15.6 Å². The quantitative estimate of drug-likeness (QED) is 0.617. The summed E-state index contributed by atoms with van der Waals surface area (Å²) in [4.78, 5) is 11.8. The Morgan fingerprint density at radius 3 is 2.41 bits per heavy atom. The SMILES string of the molecule is O=C(NNc1ccccc1C(F)(F)F)c1cc(F)cc(Br)c1. The lowest BCUT2D eigenvalue weighted by molar-refractivity contribution is -0.137. The number of alkyl halides is 3. The molecule has 0 spiro atoms. The van der Waals surface area contributed by atoms with E-state index in [1.54, 1.807) is 0 Å². The summed E-state index contributed by atoms with van der Waals surface area (Å²) in [5, 5.41) is 0. The van der Waals surface area contributed by atoms with Gasteiger partial charge in [0.1, 0.15) is 5.82 Å². The summed E-state index contributed by atoms with van der Waals surface area (Å²) in [6.45, 7) is 0. The Balaban J connectivity index is 2.15. The van der Waals surface area contributed by atoms with Gasteiger partial charge in [0.05, 0.1) is 11.3 Å². The standard InChI is InChI=1S/C14H9BrF4N2O/c15-9-5-8(6-10(16)7-9)13(22)21-20-12-4-2-1-3-11(12)14(17,18)19/h1-7,20H,(H,21,22). The molecule has 8 heteroatoms. The normalized spacial score (nSPS) is 11.1. The monoisotopic (exact) mass is 376 g/mol. The van der Waals surface area contributed by atoms with E-state index >= 15 is 0 Å². The smallest absolute Gasteiger partial charge is 0.298 e. The van der Waals surface area contributed by atoms with Gasteiger partial charge in [-0.2, -0.15) is 13.2 Å². The molecule has 1 amide bonds. The fourth-order valence-corrected chi connectivity index (χ4v) is 2.19. The van der Waals surface area contributed by atoms with Gasteiger partial charge < -0.3 is 0 Å². The molecule has 2 N–H and O–H groups in total. The topological polar surface area (TPSA) is 41.1 Å². The first kappa shape index (κ1) is 16.3. The number of carbonyl (C=O) groups excluding carboxylic acids is 1. The van der Waals surface area contributed by atoms with Crippen LogP contribution in [0.3, 0.4) is 0 Å². The van der Waals surface area contributed by atoms with Gasteiger partial charge in [-0.05, 0) is 30.3 Å². The molecular formula is C14H9BrF4N2O. The van der Waals surface area contributed by atoms with Crippen LogP contribution in [0.5, 0.6) is 0 Å². The average molecular weight is 377 g/mol. The summed E-state index contributed by atoms with van der Waals surface area (Å²) < 4.78 is 51.9. The van der Waals surface area contributed by atoms with Crippen molar-refractivity contribution in [1.29, 1.82) is 0 Å². The molecule has 0 saturated carbocycles. The predicted molar refractivity (Wildman–Crippen MR) is 76.6 cm³/mol. The molecule has 0 heterocycles. The Labute approximate surface area is 131 Å². The molecule has 2 aromatic rings. The van der Waals surface area contributed by atoms with Crippen LogP contribution in [-0.2, 0) is 6.18 Å². The summed E-state index contributed by atoms with van der Waals surface area (Å²) >= 11 is 3.03. The van der Waals surface area contributed by atoms with E-state index in [1.165, 1.54) is 24.3 Å². The maximum absolute atomic E-state index is 13.2. The van der Waals surface area contributed by atoms with Crippen LogP contribution in [0.1, 0.15) is 15.9 Å². The van der Waals surface area contributed by atoms with Crippen LogP contribution < -0.4 is 10.9 Å². The zero-order chi connectivity index (χ0) is 16.3. The Morgan fingerprint density at radius 2 is 1.77 bits per heavy atom. The molecule has 0 aliphatic rings. The maximum atomic E-state index is 13.2. The fourth-order valence-electron chi connectivity index (χ4n) is 1.72. The van der Waals surface area contributed by atoms with Crippen molar-refractivity contribution in [3.63, 3.8) is 0 Å². The van der Waals surface area contributed by atoms with Gasteiger partial charge in [-0.15, -0.1) is 0 Å². The van der Waals surface area contributed by atoms with Crippen molar-refractivity contribution in [2.24, 2.45) is 0 Å². The number of para-hydroxylation sites is 1. The minimum atomic E-state index is -4.56. The number of benzene rings is 2. The van der Waals surface area contributed by atoms with Crippen LogP contribution in [0.25, 0.3) is 0 Å². The molecular weight excluding hydrogens is 368 g/mol. The minimum absolute atomic E-state index is 0.0381. The Kier molecular flexibility index (Phi) is 4.70. The summed E-state index contributed by atoms with van der Waals surface area (Å²) in [5.41, 5.74) is 3.04. The minimum Gasteiger partial charge on any atom is -0.298 e. The van der Waals surface area contributed by atoms with E-state index in [0.717, 1.165) is 18.2 Å². The molecule has 116 valence electrons. The molecule has 0 saturated heterocycles. The molecule has 2 aromatic carbocycles. The highest BCUT2D eigenvalue weighted by atomic mass is 79.9. The van der Waals surface area contributed by atoms with Gasteiger partial charge in [-0.1, -0.05) is 28.1 Å². The van der Waals surface area contributed by atoms with Gasteiger partial charge in [0, 0.05) is 10.0 Å². The third kappa shape index (κ3) is 3.97. The number of rotatable bonds is 3. The number of amides is 1. The molecule has 0 aliphatic heterocycles. The zero-order valence-corrected chi connectivity index (χ0v) is 12.4. The molecule has 3 nitrogen and oxygen atoms in total. The number of halogens is 5. The first-order valence-corrected chi connectivity index (χ1v) is 6.75. The van der Waals surface area contributed by atoms with E-state index in [1.807, 2.05) is 0 Å². The van der Waals surface area contributed by atoms with Gasteiger partial charge in [0.15, 0.2) is 0 Å². The van der Waals surface area contributed by atoms with E-state index in [2.05, 4.69) is 26.8 Å². The second-order valence-corrected chi connectivity index (χ2v) is 5.20. The van der Waals surface area contributed by atoms with E-state index in [0.29, 0.717) is 4.47 Å². The molecule has 0 fully saturated rings. The summed E-state index contributed by atoms with van der Waals surface area (Å²) in [6, 6.07) is 8.15. The van der Waals surface area contributed by atoms with Crippen LogP contribution in [0.4, 0.5) is 23.2 Å². The number of hydrazine groups is 1. The Hall–Kier alpha value is -2.09. The number of anilines is 1. The van der Waals surface area contributed by atoms with Crippen LogP contribution in [0, 0.1) is 5.82 Å². The van der Waals surface area contributed by atoms with Gasteiger partial charge in [0.2, 0.25) is 0 Å². The Morgan fingerprint density at radius 1 is 1.09 bits per heavy atom. The van der Waals surface area contributed by atoms with Crippen LogP contribution >= 0.6 is 15.9 Å². The fraction of sp³-hybridized carbons (Fsp3) is 0.0714. The van der Waals surface area contributed by atoms with Crippen molar-refractivity contribution in [2.75, 3.05) is 5.43 Å². The van der Waals surface area contributed by atoms with Gasteiger partial charge in [0.25, 0.3) is 5.91 Å². The van der Waals surface area contributed by atoms with E-state index in [-0.39, 0.29) is 11.3 Å². The third-order valence-electron chi connectivity index (χ3n) is 2.67. The van der Waals surface area contributed by atoms with Crippen molar-refractivity contribution in [2.45, 2.75) is 6.18 Å². The van der Waals surface area contributed by atoms with Gasteiger partial charge in [-0.25, -0.2) is 4.39 Å². The summed E-state index contributed by atoms with van der Waals surface area (Å²) in [6.07, 6.45) is -4.56. The molecule has 0 bridgehead atoms. The van der Waals surface area contributed by atoms with Crippen molar-refractivity contribution in [3.05, 3.63) is 63.9 Å². The molecule has 0 aliphatic carbocycles. The molecule has 0 atom stereocenters. The lowest BCUT2D eigenvalue weighted by Crippen LogP contribution is -2.30. The lowest BCUT2D eigenvalue weighted by atomic mass is 10.2. The second-order valence-electron chi connectivity index (χ2n) is 4.28. The van der Waals surface area contributed by atoms with Crippen molar-refractivity contribution < 1.29 is 22.4 Å². The molecule has 2 rings (SSSR count). The first-order chi connectivity index (χ1) is 10.3. The highest BCUT2D eigenvalue weighted by Gasteiger charge is 2.33. The van der Waals surface area contributed by atoms with Crippen LogP contribution in [0.2, 0.25) is 0 Å². The number of hydrogen-bond acceptors (Lipinski definition) is 2. The summed E-state index contributed by atoms with van der Waals surface area (Å²) in [5.74, 6) is -1.41. The number of hydrogen-bond donors (Lipinski definition) is 2. The molecule has 0 unspecified atom stereocenters. The van der Waals surface area contributed by atoms with Crippen molar-refractivity contribution in [1.82, 2.24) is 5.43 Å². The maximum Gasteiger partial charge on any atom is 0.418 e. The largest absolute Gasteiger partial charge is 0.418 e. The molecule has 22 heavy (non-hydrogen) atoms. The first-order valence-electron chi connectivity index (χ1n) is 5.96.